The highest BCUT2D eigenvalue weighted by Gasteiger charge is 2.27. The van der Waals surface area contributed by atoms with Crippen molar-refractivity contribution in [3.05, 3.63) is 23.8 Å². The van der Waals surface area contributed by atoms with E-state index < -0.39 is 5.54 Å². The Bertz CT molecular complexity index is 977. The molecule has 0 aromatic rings. The van der Waals surface area contributed by atoms with Gasteiger partial charge in [-0.2, -0.15) is 0 Å². The van der Waals surface area contributed by atoms with Crippen molar-refractivity contribution in [3.8, 4) is 0 Å². The Hall–Kier alpha value is -3.23. The summed E-state index contributed by atoms with van der Waals surface area (Å²) in [6, 6.07) is 0. The van der Waals surface area contributed by atoms with Crippen molar-refractivity contribution < 1.29 is 47.5 Å². The van der Waals surface area contributed by atoms with Crippen LogP contribution in [0.15, 0.2) is 23.8 Å². The molecule has 0 saturated heterocycles. The molecule has 1 aliphatic rings. The number of amides is 3. The standard InChI is InChI=1S/C35H68N8O10/c36-25-30(38)27-52-23-21-50-19-17-48-15-11-42-33(45)4-8-35(40,7-3-32(44)41-10-14-47-13-6-29-1-2-29)9-5-34(46)43-12-16-49-18-20-51-22-24-53-28-31(39)26-37/h25-26,29H,1-24,27-28,36-40H2,(H,41,44)(H,42,45)(H,43,46)/b30-25-,31-26-. The molecule has 3 amide bonds. The van der Waals surface area contributed by atoms with E-state index in [9.17, 15) is 14.4 Å². The van der Waals surface area contributed by atoms with Crippen LogP contribution in [0.5, 0.6) is 0 Å². The number of carbonyl (C=O) groups excluding carboxylic acids is 3. The SMILES string of the molecule is N/C=C(\N)COCCOCCOCCNC(=O)CCC(N)(CCC(=O)NCCOCCOCCOC/C(N)=C/N)CCC(=O)NCCOCCC1CC1. The number of rotatable bonds is 37. The van der Waals surface area contributed by atoms with Crippen molar-refractivity contribution in [1.29, 1.82) is 0 Å². The summed E-state index contributed by atoms with van der Waals surface area (Å²) in [5.41, 5.74) is 28.4. The molecule has 18 heteroatoms. The van der Waals surface area contributed by atoms with Gasteiger partial charge in [0.2, 0.25) is 17.7 Å². The van der Waals surface area contributed by atoms with E-state index in [-0.39, 0.29) is 50.2 Å². The second kappa shape index (κ2) is 32.2. The predicted octanol–water partition coefficient (Wildman–Crippen LogP) is -1.19. The molecular formula is C35H68N8O10. The molecular weight excluding hydrogens is 692 g/mol. The molecule has 1 aliphatic carbocycles. The molecule has 0 aliphatic heterocycles. The van der Waals surface area contributed by atoms with Crippen molar-refractivity contribution in [3.63, 3.8) is 0 Å². The molecule has 18 nitrogen and oxygen atoms in total. The molecule has 1 fully saturated rings. The smallest absolute Gasteiger partial charge is 0.220 e. The van der Waals surface area contributed by atoms with Gasteiger partial charge in [0.15, 0.2) is 0 Å². The zero-order valence-corrected chi connectivity index (χ0v) is 31.6. The van der Waals surface area contributed by atoms with Crippen LogP contribution in [-0.2, 0) is 47.5 Å². The van der Waals surface area contributed by atoms with E-state index in [0.717, 1.165) is 12.3 Å². The molecule has 0 aromatic carbocycles. The second-order valence-corrected chi connectivity index (χ2v) is 12.8. The maximum Gasteiger partial charge on any atom is 0.220 e. The number of hydrogen-bond acceptors (Lipinski definition) is 15. The largest absolute Gasteiger partial charge is 0.403 e. The van der Waals surface area contributed by atoms with E-state index in [1.807, 2.05) is 0 Å². The van der Waals surface area contributed by atoms with Crippen LogP contribution in [-0.4, -0.2) is 135 Å². The van der Waals surface area contributed by atoms with Crippen LogP contribution in [0, 0.1) is 5.92 Å². The van der Waals surface area contributed by atoms with Gasteiger partial charge in [0, 0.05) is 63.4 Å². The first-order chi connectivity index (χ1) is 25.7. The van der Waals surface area contributed by atoms with Crippen molar-refractivity contribution in [2.75, 3.05) is 112 Å². The van der Waals surface area contributed by atoms with Crippen LogP contribution >= 0.6 is 0 Å². The monoisotopic (exact) mass is 761 g/mol. The van der Waals surface area contributed by atoms with E-state index in [1.54, 1.807) is 0 Å². The third-order valence-electron chi connectivity index (χ3n) is 8.08. The molecule has 13 N–H and O–H groups in total. The van der Waals surface area contributed by atoms with Gasteiger partial charge >= 0.3 is 0 Å². The lowest BCUT2D eigenvalue weighted by molar-refractivity contribution is -0.121. The normalized spacial score (nSPS) is 14.5. The van der Waals surface area contributed by atoms with E-state index >= 15 is 0 Å². The second-order valence-electron chi connectivity index (χ2n) is 12.8. The molecule has 0 bridgehead atoms. The Labute approximate surface area is 314 Å². The lowest BCUT2D eigenvalue weighted by Crippen LogP contribution is -2.44. The Balaban J connectivity index is 2.31. The van der Waals surface area contributed by atoms with Gasteiger partial charge in [-0.05, 0) is 31.6 Å². The maximum atomic E-state index is 12.6. The maximum absolute atomic E-state index is 12.6. The third kappa shape index (κ3) is 30.9. The minimum absolute atomic E-state index is 0.141. The van der Waals surface area contributed by atoms with Crippen molar-refractivity contribution in [2.24, 2.45) is 34.6 Å². The Kier molecular flexibility index (Phi) is 29.1. The van der Waals surface area contributed by atoms with Gasteiger partial charge in [-0.1, -0.05) is 12.8 Å². The summed E-state index contributed by atoms with van der Waals surface area (Å²) in [5, 5.41) is 8.51. The summed E-state index contributed by atoms with van der Waals surface area (Å²) in [6.07, 6.45) is 7.60. The lowest BCUT2D eigenvalue weighted by Gasteiger charge is -2.29. The van der Waals surface area contributed by atoms with Crippen LogP contribution in [0.4, 0.5) is 0 Å². The minimum atomic E-state index is -0.902. The third-order valence-corrected chi connectivity index (χ3v) is 8.08. The summed E-state index contributed by atoms with van der Waals surface area (Å²) in [5.74, 6) is 0.266. The highest BCUT2D eigenvalue weighted by molar-refractivity contribution is 5.77. The highest BCUT2D eigenvalue weighted by Crippen LogP contribution is 2.32. The van der Waals surface area contributed by atoms with E-state index in [0.29, 0.717) is 130 Å². The Morgan fingerprint density at radius 3 is 1.19 bits per heavy atom. The van der Waals surface area contributed by atoms with Gasteiger partial charge in [-0.3, -0.25) is 14.4 Å². The molecule has 0 unspecified atom stereocenters. The fourth-order valence-corrected chi connectivity index (χ4v) is 4.63. The summed E-state index contributed by atoms with van der Waals surface area (Å²) in [6.45, 7) is 6.41. The van der Waals surface area contributed by atoms with Crippen LogP contribution in [0.1, 0.15) is 57.8 Å². The van der Waals surface area contributed by atoms with E-state index in [4.69, 9.17) is 61.8 Å². The number of nitrogens with one attached hydrogen (secondary N) is 3. The number of nitrogens with two attached hydrogens (primary N) is 5. The molecule has 308 valence electrons. The van der Waals surface area contributed by atoms with E-state index in [2.05, 4.69) is 16.0 Å². The van der Waals surface area contributed by atoms with Gasteiger partial charge < -0.3 is 77.8 Å². The zero-order chi connectivity index (χ0) is 38.8. The van der Waals surface area contributed by atoms with Crippen molar-refractivity contribution in [2.45, 2.75) is 63.3 Å². The minimum Gasteiger partial charge on any atom is -0.403 e. The molecule has 0 aromatic heterocycles. The fraction of sp³-hybridized carbons (Fsp3) is 0.800. The van der Waals surface area contributed by atoms with Gasteiger partial charge in [0.1, 0.15) is 0 Å². The number of carbonyl (C=O) groups is 3. The summed E-state index contributed by atoms with van der Waals surface area (Å²) in [7, 11) is 0. The first kappa shape index (κ1) is 47.8. The summed E-state index contributed by atoms with van der Waals surface area (Å²) >= 11 is 0. The molecule has 1 saturated carbocycles. The summed E-state index contributed by atoms with van der Waals surface area (Å²) < 4.78 is 38.0. The van der Waals surface area contributed by atoms with Gasteiger partial charge in [0.25, 0.3) is 0 Å². The zero-order valence-electron chi connectivity index (χ0n) is 31.6. The topological polar surface area (TPSA) is 282 Å². The molecule has 1 rings (SSSR count). The van der Waals surface area contributed by atoms with Crippen molar-refractivity contribution in [1.82, 2.24) is 16.0 Å². The molecule has 0 radical (unpaired) electrons. The van der Waals surface area contributed by atoms with E-state index in [1.165, 1.54) is 25.2 Å². The lowest BCUT2D eigenvalue weighted by atomic mass is 9.84. The van der Waals surface area contributed by atoms with Crippen LogP contribution in [0.3, 0.4) is 0 Å². The van der Waals surface area contributed by atoms with Gasteiger partial charge in [0.05, 0.1) is 97.3 Å². The summed E-state index contributed by atoms with van der Waals surface area (Å²) in [4.78, 5) is 37.8. The fourth-order valence-electron chi connectivity index (χ4n) is 4.63. The molecule has 0 heterocycles. The Morgan fingerprint density at radius 1 is 0.528 bits per heavy atom. The predicted molar refractivity (Wildman–Crippen MR) is 200 cm³/mol. The van der Waals surface area contributed by atoms with Crippen LogP contribution in [0.25, 0.3) is 0 Å². The molecule has 53 heavy (non-hydrogen) atoms. The average molecular weight is 761 g/mol. The van der Waals surface area contributed by atoms with Gasteiger partial charge in [-0.25, -0.2) is 0 Å². The average Bonchev–Trinajstić information content (AvgIpc) is 3.99. The molecule has 0 atom stereocenters. The Morgan fingerprint density at radius 2 is 0.849 bits per heavy atom. The van der Waals surface area contributed by atoms with Crippen molar-refractivity contribution >= 4 is 17.7 Å². The first-order valence-corrected chi connectivity index (χ1v) is 18.6. The van der Waals surface area contributed by atoms with Crippen LogP contribution in [0.2, 0.25) is 0 Å². The molecule has 0 spiro atoms. The number of hydrogen-bond donors (Lipinski definition) is 8. The van der Waals surface area contributed by atoms with Gasteiger partial charge in [-0.15, -0.1) is 0 Å². The van der Waals surface area contributed by atoms with Crippen LogP contribution < -0.4 is 44.6 Å². The first-order valence-electron chi connectivity index (χ1n) is 18.6. The highest BCUT2D eigenvalue weighted by atomic mass is 16.5. The quantitative estimate of drug-likeness (QED) is 0.0346. The number of ether oxygens (including phenoxy) is 7.